The lowest BCUT2D eigenvalue weighted by Crippen LogP contribution is -2.26. The maximum Gasteiger partial charge on any atom is 0.341 e. The van der Waals surface area contributed by atoms with Gasteiger partial charge in [0.15, 0.2) is 0 Å². The zero-order valence-electron chi connectivity index (χ0n) is 16.1. The van der Waals surface area contributed by atoms with Crippen molar-refractivity contribution in [3.05, 3.63) is 44.2 Å². The monoisotopic (exact) mass is 391 g/mol. The number of anilines is 1. The number of nitrogens with zero attached hydrogens (tertiary/aromatic N) is 2. The van der Waals surface area contributed by atoms with Crippen molar-refractivity contribution in [2.75, 3.05) is 11.9 Å². The Morgan fingerprint density at radius 2 is 2.00 bits per heavy atom. The van der Waals surface area contributed by atoms with E-state index in [1.807, 2.05) is 20.8 Å². The van der Waals surface area contributed by atoms with E-state index in [4.69, 9.17) is 4.74 Å². The van der Waals surface area contributed by atoms with Crippen LogP contribution >= 0.6 is 11.3 Å². The number of amides is 1. The Hall–Kier alpha value is -2.48. The van der Waals surface area contributed by atoms with Crippen LogP contribution in [0.1, 0.15) is 64.9 Å². The second kappa shape index (κ2) is 9.45. The van der Waals surface area contributed by atoms with Gasteiger partial charge in [-0.1, -0.05) is 20.3 Å². The first-order valence-corrected chi connectivity index (χ1v) is 9.93. The summed E-state index contributed by atoms with van der Waals surface area (Å²) < 4.78 is 6.44. The molecule has 2 aromatic heterocycles. The molecule has 0 saturated carbocycles. The highest BCUT2D eigenvalue weighted by molar-refractivity contribution is 7.16. The number of nitrogens with one attached hydrogen (secondary N) is 1. The summed E-state index contributed by atoms with van der Waals surface area (Å²) in [6.45, 7) is 8.34. The number of aromatic nitrogens is 2. The number of esters is 1. The van der Waals surface area contributed by atoms with Crippen molar-refractivity contribution in [2.45, 2.75) is 53.5 Å². The number of hydrogen-bond donors (Lipinski definition) is 1. The van der Waals surface area contributed by atoms with E-state index in [9.17, 15) is 14.4 Å². The average molecular weight is 391 g/mol. The Morgan fingerprint density at radius 1 is 1.26 bits per heavy atom. The number of aryl methyl sites for hydroxylation is 2. The summed E-state index contributed by atoms with van der Waals surface area (Å²) in [6, 6.07) is 2.73. The Balaban J connectivity index is 2.33. The van der Waals surface area contributed by atoms with Crippen LogP contribution in [0, 0.1) is 6.92 Å². The van der Waals surface area contributed by atoms with Gasteiger partial charge < -0.3 is 10.1 Å². The van der Waals surface area contributed by atoms with Gasteiger partial charge in [0.25, 0.3) is 11.5 Å². The van der Waals surface area contributed by atoms with Gasteiger partial charge in [0.05, 0.1) is 12.2 Å². The fourth-order valence-electron chi connectivity index (χ4n) is 2.72. The number of unbranched alkanes of at least 4 members (excludes halogenated alkanes) is 1. The lowest BCUT2D eigenvalue weighted by molar-refractivity contribution is 0.0527. The Morgan fingerprint density at radius 3 is 2.63 bits per heavy atom. The largest absolute Gasteiger partial charge is 0.462 e. The van der Waals surface area contributed by atoms with Gasteiger partial charge in [-0.15, -0.1) is 11.3 Å². The van der Waals surface area contributed by atoms with Crippen LogP contribution in [0.4, 0.5) is 5.00 Å². The Labute approximate surface area is 162 Å². The molecule has 1 amide bonds. The molecule has 0 radical (unpaired) electrons. The first-order valence-electron chi connectivity index (χ1n) is 9.11. The van der Waals surface area contributed by atoms with Crippen LogP contribution in [-0.2, 0) is 17.7 Å². The highest BCUT2D eigenvalue weighted by Gasteiger charge is 2.24. The normalized spacial score (nSPS) is 10.7. The van der Waals surface area contributed by atoms with Gasteiger partial charge in [0.2, 0.25) is 0 Å². The van der Waals surface area contributed by atoms with Gasteiger partial charge in [-0.25, -0.2) is 9.48 Å². The maximum absolute atomic E-state index is 12.7. The number of ether oxygens (including phenoxy) is 1. The Bertz CT molecular complexity index is 886. The number of thiophene rings is 1. The molecule has 1 N–H and O–H groups in total. The van der Waals surface area contributed by atoms with Crippen molar-refractivity contribution in [2.24, 2.45) is 0 Å². The van der Waals surface area contributed by atoms with Crippen LogP contribution in [0.25, 0.3) is 0 Å². The lowest BCUT2D eigenvalue weighted by Gasteiger charge is -2.09. The standard InChI is InChI=1S/C19H25N3O4S/c1-5-8-11-22-15(23)10-9-14(21-22)17(24)20-18-16(19(25)26-7-3)13(6-2)12(4)27-18/h9-10H,5-8,11H2,1-4H3,(H,20,24). The summed E-state index contributed by atoms with van der Waals surface area (Å²) in [7, 11) is 0. The minimum atomic E-state index is -0.463. The van der Waals surface area contributed by atoms with Gasteiger partial charge in [0.1, 0.15) is 10.7 Å². The molecule has 2 heterocycles. The molecule has 0 spiro atoms. The summed E-state index contributed by atoms with van der Waals surface area (Å²) in [5.41, 5.74) is 1.15. The van der Waals surface area contributed by atoms with Crippen molar-refractivity contribution in [1.82, 2.24) is 9.78 Å². The predicted molar refractivity (Wildman–Crippen MR) is 106 cm³/mol. The van der Waals surface area contributed by atoms with E-state index < -0.39 is 11.9 Å². The molecule has 27 heavy (non-hydrogen) atoms. The average Bonchev–Trinajstić information content (AvgIpc) is 2.96. The van der Waals surface area contributed by atoms with Crippen molar-refractivity contribution in [3.8, 4) is 0 Å². The van der Waals surface area contributed by atoms with Gasteiger partial charge in [-0.05, 0) is 38.3 Å². The number of rotatable bonds is 8. The van der Waals surface area contributed by atoms with Crippen molar-refractivity contribution < 1.29 is 14.3 Å². The molecule has 0 bridgehead atoms. The molecule has 8 heteroatoms. The summed E-state index contributed by atoms with van der Waals surface area (Å²) >= 11 is 1.33. The third kappa shape index (κ3) is 4.82. The molecule has 0 saturated heterocycles. The first-order chi connectivity index (χ1) is 12.9. The Kier molecular flexibility index (Phi) is 7.29. The van der Waals surface area contributed by atoms with Gasteiger partial charge >= 0.3 is 5.97 Å². The van der Waals surface area contributed by atoms with Crippen molar-refractivity contribution >= 4 is 28.2 Å². The second-order valence-electron chi connectivity index (χ2n) is 6.00. The topological polar surface area (TPSA) is 90.3 Å². The van der Waals surface area contributed by atoms with E-state index in [1.54, 1.807) is 6.92 Å². The third-order valence-corrected chi connectivity index (χ3v) is 5.15. The van der Waals surface area contributed by atoms with Crippen LogP contribution in [-0.4, -0.2) is 28.3 Å². The van der Waals surface area contributed by atoms with Crippen LogP contribution in [0.15, 0.2) is 16.9 Å². The summed E-state index contributed by atoms with van der Waals surface area (Å²) in [6.07, 6.45) is 2.38. The van der Waals surface area contributed by atoms with Crippen LogP contribution < -0.4 is 10.9 Å². The van der Waals surface area contributed by atoms with E-state index in [0.29, 0.717) is 23.5 Å². The molecule has 7 nitrogen and oxygen atoms in total. The summed E-state index contributed by atoms with van der Waals surface area (Å²) in [5, 5.41) is 7.36. The third-order valence-electron chi connectivity index (χ3n) is 4.09. The molecule has 0 aliphatic heterocycles. The quantitative estimate of drug-likeness (QED) is 0.697. The summed E-state index contributed by atoms with van der Waals surface area (Å²) in [4.78, 5) is 37.8. The molecule has 0 aliphatic carbocycles. The molecule has 0 fully saturated rings. The van der Waals surface area contributed by atoms with E-state index >= 15 is 0 Å². The highest BCUT2D eigenvalue weighted by Crippen LogP contribution is 2.34. The molecule has 0 unspecified atom stereocenters. The fraction of sp³-hybridized carbons (Fsp3) is 0.474. The molecular weight excluding hydrogens is 366 g/mol. The van der Waals surface area contributed by atoms with Gasteiger partial charge in [-0.3, -0.25) is 9.59 Å². The van der Waals surface area contributed by atoms with Crippen molar-refractivity contribution in [1.29, 1.82) is 0 Å². The lowest BCUT2D eigenvalue weighted by atomic mass is 10.1. The highest BCUT2D eigenvalue weighted by atomic mass is 32.1. The zero-order chi connectivity index (χ0) is 20.0. The second-order valence-corrected chi connectivity index (χ2v) is 7.23. The first kappa shape index (κ1) is 20.8. The molecular formula is C19H25N3O4S. The molecule has 0 aromatic carbocycles. The molecule has 2 aromatic rings. The predicted octanol–water partition coefficient (Wildman–Crippen LogP) is 3.40. The SMILES string of the molecule is CCCCn1nc(C(=O)Nc2sc(C)c(CC)c2C(=O)OCC)ccc1=O. The van der Waals surface area contributed by atoms with Gasteiger partial charge in [-0.2, -0.15) is 5.10 Å². The summed E-state index contributed by atoms with van der Waals surface area (Å²) in [5.74, 6) is -0.912. The van der Waals surface area contributed by atoms with Gasteiger partial charge in [0, 0.05) is 17.5 Å². The van der Waals surface area contributed by atoms with E-state index in [-0.39, 0.29) is 17.9 Å². The van der Waals surface area contributed by atoms with E-state index in [2.05, 4.69) is 10.4 Å². The van der Waals surface area contributed by atoms with E-state index in [0.717, 1.165) is 23.3 Å². The minimum Gasteiger partial charge on any atom is -0.462 e. The number of hydrogen-bond acceptors (Lipinski definition) is 6. The number of carbonyl (C=O) groups is 2. The smallest absolute Gasteiger partial charge is 0.341 e. The van der Waals surface area contributed by atoms with Crippen LogP contribution in [0.5, 0.6) is 0 Å². The fourth-order valence-corrected chi connectivity index (χ4v) is 3.85. The maximum atomic E-state index is 12.7. The molecule has 2 rings (SSSR count). The van der Waals surface area contributed by atoms with E-state index in [1.165, 1.54) is 28.2 Å². The van der Waals surface area contributed by atoms with Crippen LogP contribution in [0.3, 0.4) is 0 Å². The molecule has 146 valence electrons. The molecule has 0 atom stereocenters. The zero-order valence-corrected chi connectivity index (χ0v) is 16.9. The number of carbonyl (C=O) groups excluding carboxylic acids is 2. The van der Waals surface area contributed by atoms with Crippen molar-refractivity contribution in [3.63, 3.8) is 0 Å². The minimum absolute atomic E-state index is 0.129. The van der Waals surface area contributed by atoms with Crippen LogP contribution in [0.2, 0.25) is 0 Å². The molecule has 0 aliphatic rings.